The molecule has 2 nitrogen and oxygen atoms in total. The monoisotopic (exact) mass is 277 g/mol. The van der Waals surface area contributed by atoms with Crippen molar-refractivity contribution < 1.29 is 4.74 Å². The molecule has 0 aromatic rings. The average molecular weight is 278 g/mol. The maximum atomic E-state index is 5.84. The summed E-state index contributed by atoms with van der Waals surface area (Å²) < 4.78 is 5.84. The van der Waals surface area contributed by atoms with Crippen molar-refractivity contribution in [3.63, 3.8) is 0 Å². The molecule has 0 aliphatic carbocycles. The van der Waals surface area contributed by atoms with Crippen molar-refractivity contribution >= 4 is 15.9 Å². The number of nitrogens with zero attached hydrogens (tertiary/aromatic N) is 1. The minimum atomic E-state index is 0.354. The summed E-state index contributed by atoms with van der Waals surface area (Å²) in [5.74, 6) is 0. The summed E-state index contributed by atoms with van der Waals surface area (Å²) in [6.07, 6.45) is 1.94. The molecule has 0 saturated carbocycles. The van der Waals surface area contributed by atoms with Crippen LogP contribution in [-0.4, -0.2) is 42.1 Å². The van der Waals surface area contributed by atoms with Gasteiger partial charge in [-0.2, -0.15) is 0 Å². The first-order valence-corrected chi connectivity index (χ1v) is 6.99. The third-order valence-electron chi connectivity index (χ3n) is 2.85. The fourth-order valence-corrected chi connectivity index (χ4v) is 2.30. The van der Waals surface area contributed by atoms with Crippen molar-refractivity contribution in [3.05, 3.63) is 0 Å². The molecule has 1 aliphatic rings. The topological polar surface area (TPSA) is 12.5 Å². The van der Waals surface area contributed by atoms with Crippen LogP contribution < -0.4 is 0 Å². The molecule has 0 spiro atoms. The summed E-state index contributed by atoms with van der Waals surface area (Å²) in [4.78, 5) is 2.54. The summed E-state index contributed by atoms with van der Waals surface area (Å²) in [5, 5.41) is 1.06. The zero-order chi connectivity index (χ0) is 11.5. The van der Waals surface area contributed by atoms with Crippen LogP contribution in [0.3, 0.4) is 0 Å². The van der Waals surface area contributed by atoms with E-state index in [0.717, 1.165) is 24.8 Å². The van der Waals surface area contributed by atoms with E-state index in [2.05, 4.69) is 48.5 Å². The molecule has 1 saturated heterocycles. The molecule has 2 atom stereocenters. The summed E-state index contributed by atoms with van der Waals surface area (Å²) in [7, 11) is 0. The molecule has 1 aliphatic heterocycles. The first kappa shape index (κ1) is 13.5. The molecular weight excluding hydrogens is 254 g/mol. The summed E-state index contributed by atoms with van der Waals surface area (Å²) in [6.45, 7) is 12.4. The van der Waals surface area contributed by atoms with Gasteiger partial charge in [0.25, 0.3) is 0 Å². The molecule has 0 aromatic heterocycles. The smallest absolute Gasteiger partial charge is 0.0677 e. The van der Waals surface area contributed by atoms with Crippen LogP contribution in [0.4, 0.5) is 0 Å². The number of halogens is 1. The first-order chi connectivity index (χ1) is 6.93. The Morgan fingerprint density at radius 2 is 2.00 bits per heavy atom. The molecule has 0 bridgehead atoms. The highest BCUT2D eigenvalue weighted by Crippen LogP contribution is 2.22. The van der Waals surface area contributed by atoms with Gasteiger partial charge in [0.05, 0.1) is 12.2 Å². The molecule has 0 aromatic carbocycles. The fraction of sp³-hybridized carbons (Fsp3) is 1.00. The van der Waals surface area contributed by atoms with E-state index in [-0.39, 0.29) is 0 Å². The predicted molar refractivity (Wildman–Crippen MR) is 68.6 cm³/mol. The van der Waals surface area contributed by atoms with Crippen molar-refractivity contribution in [1.29, 1.82) is 0 Å². The molecule has 0 amide bonds. The highest BCUT2D eigenvalue weighted by atomic mass is 79.9. The third kappa shape index (κ3) is 4.83. The summed E-state index contributed by atoms with van der Waals surface area (Å²) in [6, 6.07) is 0. The zero-order valence-corrected chi connectivity index (χ0v) is 12.0. The van der Waals surface area contributed by atoms with E-state index in [1.54, 1.807) is 0 Å². The van der Waals surface area contributed by atoms with Crippen LogP contribution >= 0.6 is 15.9 Å². The Hall–Kier alpha value is 0.400. The molecule has 1 rings (SSSR count). The number of ether oxygens (including phenoxy) is 1. The van der Waals surface area contributed by atoms with Crippen LogP contribution in [0.1, 0.15) is 34.1 Å². The van der Waals surface area contributed by atoms with E-state index < -0.39 is 0 Å². The van der Waals surface area contributed by atoms with Gasteiger partial charge in [-0.25, -0.2) is 0 Å². The quantitative estimate of drug-likeness (QED) is 0.736. The van der Waals surface area contributed by atoms with Gasteiger partial charge in [0, 0.05) is 25.0 Å². The number of hydrogen-bond donors (Lipinski definition) is 0. The Morgan fingerprint density at radius 3 is 2.60 bits per heavy atom. The van der Waals surface area contributed by atoms with Gasteiger partial charge in [-0.1, -0.05) is 29.8 Å². The van der Waals surface area contributed by atoms with Crippen molar-refractivity contribution in [2.45, 2.75) is 46.3 Å². The van der Waals surface area contributed by atoms with E-state index >= 15 is 0 Å². The van der Waals surface area contributed by atoms with Crippen LogP contribution in [0, 0.1) is 5.41 Å². The van der Waals surface area contributed by atoms with Gasteiger partial charge in [-0.05, 0) is 25.7 Å². The minimum Gasteiger partial charge on any atom is -0.374 e. The molecule has 2 unspecified atom stereocenters. The molecular formula is C12H24BrNO. The van der Waals surface area contributed by atoms with E-state index in [9.17, 15) is 0 Å². The van der Waals surface area contributed by atoms with E-state index in [1.807, 2.05) is 0 Å². The Balaban J connectivity index is 2.48. The fourth-order valence-electron chi connectivity index (χ4n) is 2.12. The molecule has 0 radical (unpaired) electrons. The normalized spacial score (nSPS) is 30.2. The SMILES string of the molecule is CC1CCN(CC(C)(C)CBr)CC(C)O1. The highest BCUT2D eigenvalue weighted by Gasteiger charge is 2.25. The first-order valence-electron chi connectivity index (χ1n) is 5.87. The maximum absolute atomic E-state index is 5.84. The van der Waals surface area contributed by atoms with Crippen LogP contribution in [0.5, 0.6) is 0 Å². The average Bonchev–Trinajstić information content (AvgIpc) is 2.27. The second-order valence-corrected chi connectivity index (χ2v) is 6.14. The highest BCUT2D eigenvalue weighted by molar-refractivity contribution is 9.09. The van der Waals surface area contributed by atoms with Crippen LogP contribution in [0.2, 0.25) is 0 Å². The molecule has 15 heavy (non-hydrogen) atoms. The number of rotatable bonds is 3. The van der Waals surface area contributed by atoms with Gasteiger partial charge in [-0.15, -0.1) is 0 Å². The standard InChI is InChI=1S/C12H24BrNO/c1-10-5-6-14(7-11(2)15-10)9-12(3,4)8-13/h10-11H,5-9H2,1-4H3. The van der Waals surface area contributed by atoms with Crippen LogP contribution in [-0.2, 0) is 4.74 Å². The number of hydrogen-bond acceptors (Lipinski definition) is 2. The lowest BCUT2D eigenvalue weighted by Gasteiger charge is -2.31. The van der Waals surface area contributed by atoms with Gasteiger partial charge in [-0.3, -0.25) is 0 Å². The summed E-state index contributed by atoms with van der Waals surface area (Å²) in [5.41, 5.74) is 0.354. The van der Waals surface area contributed by atoms with Crippen LogP contribution in [0.25, 0.3) is 0 Å². The third-order valence-corrected chi connectivity index (χ3v) is 4.36. The van der Waals surface area contributed by atoms with E-state index in [4.69, 9.17) is 4.74 Å². The van der Waals surface area contributed by atoms with Crippen molar-refractivity contribution in [3.8, 4) is 0 Å². The Kier molecular flexibility index (Phi) is 5.07. The number of alkyl halides is 1. The second kappa shape index (κ2) is 5.65. The predicted octanol–water partition coefficient (Wildman–Crippen LogP) is 2.91. The van der Waals surface area contributed by atoms with Crippen molar-refractivity contribution in [2.24, 2.45) is 5.41 Å². The van der Waals surface area contributed by atoms with Gasteiger partial charge < -0.3 is 9.64 Å². The Labute approximate surface area is 102 Å². The lowest BCUT2D eigenvalue weighted by atomic mass is 9.95. The van der Waals surface area contributed by atoms with Gasteiger partial charge in [0.2, 0.25) is 0 Å². The largest absolute Gasteiger partial charge is 0.374 e. The molecule has 90 valence electrons. The lowest BCUT2D eigenvalue weighted by molar-refractivity contribution is 0.0127. The van der Waals surface area contributed by atoms with Crippen molar-refractivity contribution in [1.82, 2.24) is 4.90 Å². The lowest BCUT2D eigenvalue weighted by Crippen LogP contribution is -2.38. The molecule has 1 heterocycles. The van der Waals surface area contributed by atoms with E-state index in [1.165, 1.54) is 6.54 Å². The second-order valence-electron chi connectivity index (χ2n) is 5.58. The molecule has 3 heteroatoms. The van der Waals surface area contributed by atoms with Crippen molar-refractivity contribution in [2.75, 3.05) is 25.0 Å². The maximum Gasteiger partial charge on any atom is 0.0677 e. The summed E-state index contributed by atoms with van der Waals surface area (Å²) >= 11 is 3.59. The Morgan fingerprint density at radius 1 is 1.33 bits per heavy atom. The zero-order valence-electron chi connectivity index (χ0n) is 10.4. The molecule has 1 fully saturated rings. The molecule has 0 N–H and O–H groups in total. The van der Waals surface area contributed by atoms with Gasteiger partial charge in [0.1, 0.15) is 0 Å². The van der Waals surface area contributed by atoms with Gasteiger partial charge >= 0.3 is 0 Å². The van der Waals surface area contributed by atoms with Crippen LogP contribution in [0.15, 0.2) is 0 Å². The minimum absolute atomic E-state index is 0.354. The van der Waals surface area contributed by atoms with Gasteiger partial charge in [0.15, 0.2) is 0 Å². The van der Waals surface area contributed by atoms with E-state index in [0.29, 0.717) is 17.6 Å². The Bertz CT molecular complexity index is 196.